The van der Waals surface area contributed by atoms with E-state index in [1.807, 2.05) is 19.2 Å². The molecule has 0 amide bonds. The van der Waals surface area contributed by atoms with Gasteiger partial charge in [0.25, 0.3) is 0 Å². The van der Waals surface area contributed by atoms with E-state index in [1.165, 1.54) is 0 Å². The summed E-state index contributed by atoms with van der Waals surface area (Å²) < 4.78 is 10.5. The zero-order valence-electron chi connectivity index (χ0n) is 13.5. The van der Waals surface area contributed by atoms with Gasteiger partial charge in [0.2, 0.25) is 6.29 Å². The summed E-state index contributed by atoms with van der Waals surface area (Å²) in [7, 11) is 1.88. The molecular weight excluding hydrogens is 318 g/mol. The number of hydrogen-bond acceptors (Lipinski definition) is 7. The van der Waals surface area contributed by atoms with Crippen LogP contribution in [-0.4, -0.2) is 70.2 Å². The quantitative estimate of drug-likeness (QED) is 0.451. The number of hydrogen-bond donors (Lipinski definition) is 5. The first-order chi connectivity index (χ1) is 11.3. The van der Waals surface area contributed by atoms with Crippen LogP contribution in [0.2, 0.25) is 0 Å². The van der Waals surface area contributed by atoms with E-state index in [1.54, 1.807) is 12.1 Å². The second kappa shape index (κ2) is 7.91. The Hall–Kier alpha value is -1.71. The summed E-state index contributed by atoms with van der Waals surface area (Å²) in [6.45, 7) is 2.05. The van der Waals surface area contributed by atoms with Crippen molar-refractivity contribution in [2.75, 3.05) is 7.05 Å². The molecule has 0 spiro atoms. The van der Waals surface area contributed by atoms with Crippen molar-refractivity contribution in [2.24, 2.45) is 0 Å². The minimum Gasteiger partial charge on any atom is -0.479 e. The lowest BCUT2D eigenvalue weighted by atomic mass is 9.99. The zero-order chi connectivity index (χ0) is 17.9. The van der Waals surface area contributed by atoms with Crippen molar-refractivity contribution in [3.63, 3.8) is 0 Å². The first kappa shape index (κ1) is 18.6. The van der Waals surface area contributed by atoms with Crippen LogP contribution in [0.4, 0.5) is 0 Å². The number of rotatable bonds is 6. The lowest BCUT2D eigenvalue weighted by Gasteiger charge is -2.38. The molecule has 1 aliphatic rings. The molecule has 1 fully saturated rings. The van der Waals surface area contributed by atoms with E-state index in [9.17, 15) is 20.1 Å². The molecule has 1 unspecified atom stereocenters. The highest BCUT2D eigenvalue weighted by atomic mass is 16.7. The minimum atomic E-state index is -1.73. The lowest BCUT2D eigenvalue weighted by molar-refractivity contribution is -0.271. The Labute approximate surface area is 139 Å². The van der Waals surface area contributed by atoms with Gasteiger partial charge in [-0.2, -0.15) is 0 Å². The van der Waals surface area contributed by atoms with E-state index in [0.717, 1.165) is 12.0 Å². The standard InChI is InChI=1S/C16H23NO7/c1-8(17-2)7-9-3-5-10(6-4-9)23-16-13(20)11(18)12(19)14(24-16)15(21)22/h3-6,8,11-14,16-20H,7H2,1-2H3,(H,21,22)/t8?,11-,12-,13+,14-,16+/m0/s1. The van der Waals surface area contributed by atoms with Crippen LogP contribution in [0, 0.1) is 0 Å². The van der Waals surface area contributed by atoms with Crippen LogP contribution in [-0.2, 0) is 16.0 Å². The second-order valence-electron chi connectivity index (χ2n) is 5.89. The van der Waals surface area contributed by atoms with Gasteiger partial charge in [-0.15, -0.1) is 0 Å². The molecule has 0 bridgehead atoms. The fourth-order valence-electron chi connectivity index (χ4n) is 2.44. The highest BCUT2D eigenvalue weighted by Gasteiger charge is 2.48. The molecule has 1 aromatic carbocycles. The number of nitrogens with one attached hydrogen (secondary N) is 1. The van der Waals surface area contributed by atoms with Crippen LogP contribution in [0.25, 0.3) is 0 Å². The summed E-state index contributed by atoms with van der Waals surface area (Å²) in [6, 6.07) is 7.34. The minimum absolute atomic E-state index is 0.313. The maximum Gasteiger partial charge on any atom is 0.335 e. The summed E-state index contributed by atoms with van der Waals surface area (Å²) in [5, 5.41) is 41.4. The van der Waals surface area contributed by atoms with Gasteiger partial charge >= 0.3 is 5.97 Å². The third-order valence-corrected chi connectivity index (χ3v) is 4.02. The fraction of sp³-hybridized carbons (Fsp3) is 0.562. The molecule has 0 saturated carbocycles. The van der Waals surface area contributed by atoms with Crippen molar-refractivity contribution in [1.29, 1.82) is 0 Å². The van der Waals surface area contributed by atoms with Crippen molar-refractivity contribution in [2.45, 2.75) is 50.1 Å². The van der Waals surface area contributed by atoms with Crippen molar-refractivity contribution in [1.82, 2.24) is 5.32 Å². The number of aliphatic hydroxyl groups excluding tert-OH is 3. The largest absolute Gasteiger partial charge is 0.479 e. The zero-order valence-corrected chi connectivity index (χ0v) is 13.5. The Bertz CT molecular complexity index is 550. The molecule has 0 radical (unpaired) electrons. The number of ether oxygens (including phenoxy) is 2. The van der Waals surface area contributed by atoms with Crippen LogP contribution < -0.4 is 10.1 Å². The van der Waals surface area contributed by atoms with Crippen LogP contribution in [0.15, 0.2) is 24.3 Å². The number of carboxylic acids is 1. The van der Waals surface area contributed by atoms with Crippen LogP contribution in [0.3, 0.4) is 0 Å². The number of aliphatic carboxylic acids is 1. The second-order valence-corrected chi connectivity index (χ2v) is 5.89. The van der Waals surface area contributed by atoms with Crippen molar-refractivity contribution in [3.8, 4) is 5.75 Å². The first-order valence-electron chi connectivity index (χ1n) is 7.68. The highest BCUT2D eigenvalue weighted by Crippen LogP contribution is 2.25. The van der Waals surface area contributed by atoms with Gasteiger partial charge in [0, 0.05) is 6.04 Å². The topological polar surface area (TPSA) is 128 Å². The van der Waals surface area contributed by atoms with Gasteiger partial charge in [-0.05, 0) is 38.1 Å². The van der Waals surface area contributed by atoms with Crippen LogP contribution >= 0.6 is 0 Å². The van der Waals surface area contributed by atoms with Gasteiger partial charge in [0.05, 0.1) is 0 Å². The van der Waals surface area contributed by atoms with E-state index >= 15 is 0 Å². The van der Waals surface area contributed by atoms with Gasteiger partial charge in [0.1, 0.15) is 24.1 Å². The summed E-state index contributed by atoms with van der Waals surface area (Å²) in [6.07, 6.45) is -7.23. The number of carboxylic acid groups (broad SMARTS) is 1. The Kier molecular flexibility index (Phi) is 6.14. The smallest absolute Gasteiger partial charge is 0.335 e. The molecule has 2 rings (SSSR count). The molecule has 6 atom stereocenters. The maximum absolute atomic E-state index is 11.1. The lowest BCUT2D eigenvalue weighted by Crippen LogP contribution is -2.61. The Balaban J connectivity index is 2.05. The Morgan fingerprint density at radius 1 is 1.21 bits per heavy atom. The Morgan fingerprint density at radius 3 is 2.38 bits per heavy atom. The van der Waals surface area contributed by atoms with Crippen LogP contribution in [0.5, 0.6) is 5.75 Å². The predicted octanol–water partition coefficient (Wildman–Crippen LogP) is -0.892. The molecule has 134 valence electrons. The molecular formula is C16H23NO7. The maximum atomic E-state index is 11.1. The van der Waals surface area contributed by atoms with E-state index in [0.29, 0.717) is 11.8 Å². The molecule has 5 N–H and O–H groups in total. The average Bonchev–Trinajstić information content (AvgIpc) is 2.56. The van der Waals surface area contributed by atoms with Gasteiger partial charge in [-0.1, -0.05) is 12.1 Å². The number of benzene rings is 1. The molecule has 1 aliphatic heterocycles. The first-order valence-corrected chi connectivity index (χ1v) is 7.68. The summed E-state index contributed by atoms with van der Waals surface area (Å²) >= 11 is 0. The third kappa shape index (κ3) is 4.22. The average molecular weight is 341 g/mol. The molecule has 1 heterocycles. The highest BCUT2D eigenvalue weighted by molar-refractivity contribution is 5.73. The number of aliphatic hydroxyl groups is 3. The number of carbonyl (C=O) groups is 1. The summed E-state index contributed by atoms with van der Waals surface area (Å²) in [4.78, 5) is 11.1. The molecule has 1 aromatic rings. The van der Waals surface area contributed by atoms with E-state index < -0.39 is 36.7 Å². The molecule has 0 aliphatic carbocycles. The number of likely N-dealkylation sites (N-methyl/N-ethyl adjacent to an activating group) is 1. The van der Waals surface area contributed by atoms with Crippen molar-refractivity contribution >= 4 is 5.97 Å². The molecule has 8 nitrogen and oxygen atoms in total. The van der Waals surface area contributed by atoms with Gasteiger partial charge in [-0.25, -0.2) is 4.79 Å². The van der Waals surface area contributed by atoms with Gasteiger partial charge in [-0.3, -0.25) is 0 Å². The Morgan fingerprint density at radius 2 is 1.83 bits per heavy atom. The summed E-state index contributed by atoms with van der Waals surface area (Å²) in [5.41, 5.74) is 1.08. The van der Waals surface area contributed by atoms with E-state index in [-0.39, 0.29) is 0 Å². The van der Waals surface area contributed by atoms with E-state index in [2.05, 4.69) is 12.2 Å². The van der Waals surface area contributed by atoms with Gasteiger partial charge in [0.15, 0.2) is 6.10 Å². The SMILES string of the molecule is CNC(C)Cc1ccc(O[C@@H]2O[C@H](C(=O)O)[C@@H](O)[C@H](O)[C@H]2O)cc1. The normalized spacial score (nSPS) is 31.5. The molecule has 24 heavy (non-hydrogen) atoms. The monoisotopic (exact) mass is 341 g/mol. The molecule has 0 aromatic heterocycles. The van der Waals surface area contributed by atoms with E-state index in [4.69, 9.17) is 14.6 Å². The molecule has 1 saturated heterocycles. The fourth-order valence-corrected chi connectivity index (χ4v) is 2.44. The van der Waals surface area contributed by atoms with Crippen molar-refractivity contribution in [3.05, 3.63) is 29.8 Å². The predicted molar refractivity (Wildman–Crippen MR) is 83.6 cm³/mol. The summed E-state index contributed by atoms with van der Waals surface area (Å²) in [5.74, 6) is -1.09. The third-order valence-electron chi connectivity index (χ3n) is 4.02. The van der Waals surface area contributed by atoms with Crippen LogP contribution in [0.1, 0.15) is 12.5 Å². The van der Waals surface area contributed by atoms with Gasteiger partial charge < -0.3 is 35.2 Å². The molecule has 8 heteroatoms. The van der Waals surface area contributed by atoms with Crippen molar-refractivity contribution < 1.29 is 34.7 Å².